The molecule has 1 saturated heterocycles. The first-order valence-corrected chi connectivity index (χ1v) is 16.1. The number of H-pyrrole nitrogens is 2. The van der Waals surface area contributed by atoms with Gasteiger partial charge in [0.05, 0.1) is 41.2 Å². The molecule has 0 spiro atoms. The number of hydrogen-bond acceptors (Lipinski definition) is 8. The van der Waals surface area contributed by atoms with E-state index in [2.05, 4.69) is 40.2 Å². The van der Waals surface area contributed by atoms with Crippen molar-refractivity contribution in [2.45, 2.75) is 25.5 Å². The number of nitrogens with one attached hydrogen (secondary N) is 4. The molecule has 0 bridgehead atoms. The second kappa shape index (κ2) is 11.4. The van der Waals surface area contributed by atoms with Crippen LogP contribution in [0.4, 0.5) is 4.39 Å². The summed E-state index contributed by atoms with van der Waals surface area (Å²) < 4.78 is 46.4. The van der Waals surface area contributed by atoms with Crippen LogP contribution < -0.4 is 14.8 Å². The lowest BCUT2D eigenvalue weighted by atomic mass is 10.0. The van der Waals surface area contributed by atoms with Gasteiger partial charge in [-0.2, -0.15) is 5.10 Å². The summed E-state index contributed by atoms with van der Waals surface area (Å²) >= 11 is 0. The molecule has 0 atom stereocenters. The highest BCUT2D eigenvalue weighted by molar-refractivity contribution is 7.88. The van der Waals surface area contributed by atoms with Gasteiger partial charge in [-0.15, -0.1) is 0 Å². The standard InChI is InChI=1S/C31H29FN8O3S/c1-44(41,42)37-14-18-8-19(10-21(32)9-18)30-24-13-28(38-26(24)4-7-35-30)31-25-12-27(36-17-29(25)39-40-31)20-11-23(16-34-15-20)43-22-2-5-33-6-3-22/h4,7-13,15-17,22,33,37-38H,2-3,5-6,14H2,1H3,(H,39,40). The maximum Gasteiger partial charge on any atom is 0.209 e. The molecule has 1 aliphatic heterocycles. The van der Waals surface area contributed by atoms with Gasteiger partial charge in [-0.05, 0) is 74.0 Å². The SMILES string of the molecule is CS(=O)(=O)NCc1cc(F)cc(-c2nccc3[nH]c(-c4n[nH]c5cnc(-c6cncc(OC7CCNCC7)c6)cc45)cc23)c1. The molecule has 7 rings (SSSR count). The smallest absolute Gasteiger partial charge is 0.209 e. The number of rotatable bonds is 8. The summed E-state index contributed by atoms with van der Waals surface area (Å²) in [6.45, 7) is 1.85. The molecule has 6 heterocycles. The summed E-state index contributed by atoms with van der Waals surface area (Å²) in [5.41, 5.74) is 6.14. The van der Waals surface area contributed by atoms with E-state index in [9.17, 15) is 12.8 Å². The Balaban J connectivity index is 1.23. The van der Waals surface area contributed by atoms with Crippen molar-refractivity contribution in [2.24, 2.45) is 0 Å². The van der Waals surface area contributed by atoms with E-state index >= 15 is 0 Å². The number of pyridine rings is 3. The molecule has 1 aromatic carbocycles. The van der Waals surface area contributed by atoms with Gasteiger partial charge in [-0.25, -0.2) is 17.5 Å². The Morgan fingerprint density at radius 1 is 0.955 bits per heavy atom. The molecule has 11 nitrogen and oxygen atoms in total. The van der Waals surface area contributed by atoms with Gasteiger partial charge >= 0.3 is 0 Å². The number of hydrogen-bond donors (Lipinski definition) is 4. The maximum absolute atomic E-state index is 14.6. The quantitative estimate of drug-likeness (QED) is 0.196. The Morgan fingerprint density at radius 2 is 1.80 bits per heavy atom. The second-order valence-electron chi connectivity index (χ2n) is 10.9. The number of fused-ring (bicyclic) bond motifs is 2. The Hall–Kier alpha value is -4.72. The van der Waals surface area contributed by atoms with Crippen LogP contribution >= 0.6 is 0 Å². The molecule has 4 N–H and O–H groups in total. The molecule has 1 fully saturated rings. The number of aromatic amines is 2. The van der Waals surface area contributed by atoms with Crippen LogP contribution in [0.25, 0.3) is 55.7 Å². The molecular weight excluding hydrogens is 583 g/mol. The number of sulfonamides is 1. The van der Waals surface area contributed by atoms with Gasteiger partial charge < -0.3 is 15.0 Å². The van der Waals surface area contributed by atoms with Crippen LogP contribution in [0.3, 0.4) is 0 Å². The van der Waals surface area contributed by atoms with Crippen molar-refractivity contribution in [3.8, 4) is 39.7 Å². The third-order valence-corrected chi connectivity index (χ3v) is 8.29. The molecule has 13 heteroatoms. The first-order chi connectivity index (χ1) is 21.3. The van der Waals surface area contributed by atoms with Crippen LogP contribution in [-0.2, 0) is 16.6 Å². The van der Waals surface area contributed by atoms with Crippen molar-refractivity contribution >= 4 is 31.8 Å². The molecule has 0 saturated carbocycles. The number of piperidine rings is 1. The molecular formula is C31H29FN8O3S. The van der Waals surface area contributed by atoms with E-state index in [4.69, 9.17) is 4.74 Å². The van der Waals surface area contributed by atoms with Crippen LogP contribution in [0.5, 0.6) is 5.75 Å². The Kier molecular flexibility index (Phi) is 7.28. The average Bonchev–Trinajstić information content (AvgIpc) is 3.64. The number of halogens is 1. The van der Waals surface area contributed by atoms with Gasteiger partial charge in [0.1, 0.15) is 23.4 Å². The minimum absolute atomic E-state index is 0.0315. The molecule has 0 amide bonds. The maximum atomic E-state index is 14.6. The van der Waals surface area contributed by atoms with E-state index in [0.717, 1.165) is 70.9 Å². The summed E-state index contributed by atoms with van der Waals surface area (Å²) in [6.07, 6.45) is 10.0. The zero-order chi connectivity index (χ0) is 30.3. The van der Waals surface area contributed by atoms with Crippen LogP contribution in [0.2, 0.25) is 0 Å². The highest BCUT2D eigenvalue weighted by Gasteiger charge is 2.18. The van der Waals surface area contributed by atoms with Crippen LogP contribution in [-0.4, -0.2) is 64.0 Å². The molecule has 0 radical (unpaired) electrons. The second-order valence-corrected chi connectivity index (χ2v) is 12.7. The van der Waals surface area contributed by atoms with Crippen molar-refractivity contribution in [3.63, 3.8) is 0 Å². The summed E-state index contributed by atoms with van der Waals surface area (Å²) in [7, 11) is -3.44. The zero-order valence-electron chi connectivity index (χ0n) is 23.8. The van der Waals surface area contributed by atoms with Gasteiger partial charge in [0.2, 0.25) is 10.0 Å². The fourth-order valence-corrected chi connectivity index (χ4v) is 5.95. The largest absolute Gasteiger partial charge is 0.489 e. The van der Waals surface area contributed by atoms with Gasteiger partial charge in [-0.3, -0.25) is 20.1 Å². The number of aromatic nitrogens is 6. The van der Waals surface area contributed by atoms with E-state index in [1.165, 1.54) is 12.1 Å². The summed E-state index contributed by atoms with van der Waals surface area (Å²) in [4.78, 5) is 17.0. The minimum Gasteiger partial charge on any atom is -0.489 e. The zero-order valence-corrected chi connectivity index (χ0v) is 24.6. The van der Waals surface area contributed by atoms with Crippen molar-refractivity contribution < 1.29 is 17.5 Å². The number of ether oxygens (including phenoxy) is 1. The highest BCUT2D eigenvalue weighted by atomic mass is 32.2. The number of benzene rings is 1. The van der Waals surface area contributed by atoms with Crippen molar-refractivity contribution in [2.75, 3.05) is 19.3 Å². The van der Waals surface area contributed by atoms with E-state index in [1.54, 1.807) is 30.9 Å². The molecule has 224 valence electrons. The lowest BCUT2D eigenvalue weighted by Gasteiger charge is -2.23. The first-order valence-electron chi connectivity index (χ1n) is 14.2. The minimum atomic E-state index is -3.44. The third-order valence-electron chi connectivity index (χ3n) is 7.62. The fraction of sp³-hybridized carbons (Fsp3) is 0.226. The van der Waals surface area contributed by atoms with Crippen molar-refractivity contribution in [3.05, 3.63) is 78.6 Å². The molecule has 1 aliphatic rings. The van der Waals surface area contributed by atoms with Gasteiger partial charge in [0.15, 0.2) is 0 Å². The predicted molar refractivity (Wildman–Crippen MR) is 166 cm³/mol. The monoisotopic (exact) mass is 612 g/mol. The molecule has 0 unspecified atom stereocenters. The van der Waals surface area contributed by atoms with Gasteiger partial charge in [0, 0.05) is 46.4 Å². The Bertz CT molecular complexity index is 2100. The van der Waals surface area contributed by atoms with Crippen molar-refractivity contribution in [1.82, 2.24) is 40.2 Å². The highest BCUT2D eigenvalue weighted by Crippen LogP contribution is 2.34. The topological polar surface area (TPSA) is 151 Å². The van der Waals surface area contributed by atoms with E-state index < -0.39 is 15.8 Å². The molecule has 6 aromatic rings. The van der Waals surface area contributed by atoms with E-state index in [0.29, 0.717) is 28.3 Å². The summed E-state index contributed by atoms with van der Waals surface area (Å²) in [6, 6.07) is 12.1. The lowest BCUT2D eigenvalue weighted by molar-refractivity contribution is 0.162. The van der Waals surface area contributed by atoms with Crippen LogP contribution in [0.15, 0.2) is 67.3 Å². The molecule has 5 aromatic heterocycles. The van der Waals surface area contributed by atoms with E-state index in [1.807, 2.05) is 24.3 Å². The first kappa shape index (κ1) is 28.1. The lowest BCUT2D eigenvalue weighted by Crippen LogP contribution is -2.34. The van der Waals surface area contributed by atoms with Gasteiger partial charge in [-0.1, -0.05) is 0 Å². The van der Waals surface area contributed by atoms with Crippen LogP contribution in [0, 0.1) is 5.82 Å². The van der Waals surface area contributed by atoms with Crippen molar-refractivity contribution in [1.29, 1.82) is 0 Å². The molecule has 44 heavy (non-hydrogen) atoms. The predicted octanol–water partition coefficient (Wildman–Crippen LogP) is 4.55. The fourth-order valence-electron chi connectivity index (χ4n) is 5.52. The summed E-state index contributed by atoms with van der Waals surface area (Å²) in [5, 5.41) is 12.6. The normalized spacial score (nSPS) is 14.4. The van der Waals surface area contributed by atoms with Gasteiger partial charge in [0.25, 0.3) is 0 Å². The van der Waals surface area contributed by atoms with E-state index in [-0.39, 0.29) is 12.6 Å². The number of nitrogens with zero attached hydrogens (tertiary/aromatic N) is 4. The summed E-state index contributed by atoms with van der Waals surface area (Å²) in [5.74, 6) is 0.229. The average molecular weight is 613 g/mol. The molecule has 0 aliphatic carbocycles. The third kappa shape index (κ3) is 5.89. The van der Waals surface area contributed by atoms with Crippen LogP contribution in [0.1, 0.15) is 18.4 Å². The Morgan fingerprint density at radius 3 is 2.64 bits per heavy atom. The Labute approximate surface area is 252 Å².